The molecule has 1 saturated heterocycles. The number of H-pyrrole nitrogens is 1. The molecule has 1 aromatic carbocycles. The molecule has 0 spiro atoms. The molecule has 1 aromatic heterocycles. The molecule has 0 unspecified atom stereocenters. The SMILES string of the molecule is COC(=O)[C@H](C)NC(=O)C1(Cc2cccc(OC)c2)CN(C(=O)c2cn[nH]c2)C1. The number of carbonyl (C=O) groups excluding carboxylic acids is 3. The first kappa shape index (κ1) is 20.4. The van der Waals surface area contributed by atoms with Crippen molar-refractivity contribution in [3.63, 3.8) is 0 Å². The quantitative estimate of drug-likeness (QED) is 0.664. The summed E-state index contributed by atoms with van der Waals surface area (Å²) in [4.78, 5) is 39.0. The summed E-state index contributed by atoms with van der Waals surface area (Å²) in [5, 5.41) is 9.12. The van der Waals surface area contributed by atoms with Gasteiger partial charge in [-0.15, -0.1) is 0 Å². The van der Waals surface area contributed by atoms with Crippen molar-refractivity contribution < 1.29 is 23.9 Å². The van der Waals surface area contributed by atoms with E-state index in [4.69, 9.17) is 4.74 Å². The van der Waals surface area contributed by atoms with Crippen LogP contribution in [0.4, 0.5) is 0 Å². The molecule has 1 fully saturated rings. The molecule has 2 amide bonds. The van der Waals surface area contributed by atoms with Gasteiger partial charge in [0.05, 0.1) is 31.4 Å². The van der Waals surface area contributed by atoms with Crippen LogP contribution < -0.4 is 10.1 Å². The van der Waals surface area contributed by atoms with Gasteiger partial charge in [0.15, 0.2) is 0 Å². The molecule has 1 aliphatic rings. The summed E-state index contributed by atoms with van der Waals surface area (Å²) in [6.45, 7) is 2.03. The normalized spacial score (nSPS) is 15.8. The predicted molar refractivity (Wildman–Crippen MR) is 103 cm³/mol. The number of amides is 2. The van der Waals surface area contributed by atoms with Crippen LogP contribution in [-0.2, 0) is 20.7 Å². The number of methoxy groups -OCH3 is 2. The lowest BCUT2D eigenvalue weighted by atomic mass is 9.73. The highest BCUT2D eigenvalue weighted by atomic mass is 16.5. The highest BCUT2D eigenvalue weighted by Gasteiger charge is 2.51. The van der Waals surface area contributed by atoms with Crippen molar-refractivity contribution in [2.45, 2.75) is 19.4 Å². The van der Waals surface area contributed by atoms with E-state index >= 15 is 0 Å². The fraction of sp³-hybridized carbons (Fsp3) is 0.400. The maximum atomic E-state index is 13.1. The first-order valence-corrected chi connectivity index (χ1v) is 9.18. The number of rotatable bonds is 7. The monoisotopic (exact) mass is 400 g/mol. The first-order valence-electron chi connectivity index (χ1n) is 9.18. The summed E-state index contributed by atoms with van der Waals surface area (Å²) in [6, 6.07) is 6.66. The van der Waals surface area contributed by atoms with E-state index in [9.17, 15) is 14.4 Å². The minimum Gasteiger partial charge on any atom is -0.497 e. The van der Waals surface area contributed by atoms with Gasteiger partial charge in [-0.3, -0.25) is 14.7 Å². The number of aromatic amines is 1. The molecule has 2 N–H and O–H groups in total. The highest BCUT2D eigenvalue weighted by Crippen LogP contribution is 2.36. The van der Waals surface area contributed by atoms with E-state index in [2.05, 4.69) is 20.3 Å². The molecule has 9 heteroatoms. The minimum atomic E-state index is -0.853. The van der Waals surface area contributed by atoms with E-state index in [-0.39, 0.29) is 24.9 Å². The third-order valence-corrected chi connectivity index (χ3v) is 5.08. The van der Waals surface area contributed by atoms with E-state index in [1.807, 2.05) is 24.3 Å². The number of carbonyl (C=O) groups is 3. The number of nitrogens with one attached hydrogen (secondary N) is 2. The lowest BCUT2D eigenvalue weighted by Gasteiger charge is -2.49. The fourth-order valence-electron chi connectivity index (χ4n) is 3.47. The topological polar surface area (TPSA) is 114 Å². The Labute approximate surface area is 168 Å². The molecular formula is C20H24N4O5. The molecule has 0 bridgehead atoms. The second kappa shape index (κ2) is 8.34. The Hall–Kier alpha value is -3.36. The van der Waals surface area contributed by atoms with Crippen LogP contribution in [0.15, 0.2) is 36.7 Å². The Balaban J connectivity index is 1.79. The zero-order valence-corrected chi connectivity index (χ0v) is 16.6. The average molecular weight is 400 g/mol. The Morgan fingerprint density at radius 2 is 2.07 bits per heavy atom. The van der Waals surface area contributed by atoms with Crippen LogP contribution >= 0.6 is 0 Å². The second-order valence-corrected chi connectivity index (χ2v) is 7.18. The minimum absolute atomic E-state index is 0.200. The molecule has 0 radical (unpaired) electrons. The van der Waals surface area contributed by atoms with Crippen LogP contribution in [-0.4, -0.2) is 66.2 Å². The Kier molecular flexibility index (Phi) is 5.86. The molecule has 2 aromatic rings. The standard InChI is InChI=1S/C20H24N4O5/c1-13(18(26)29-3)23-19(27)20(8-14-5-4-6-16(7-14)28-2)11-24(12-20)17(25)15-9-21-22-10-15/h4-7,9-10,13H,8,11-12H2,1-3H3,(H,21,22)(H,23,27)/t13-/m0/s1. The van der Waals surface area contributed by atoms with Crippen molar-refractivity contribution in [1.82, 2.24) is 20.4 Å². The Bertz CT molecular complexity index is 890. The van der Waals surface area contributed by atoms with Crippen molar-refractivity contribution in [3.8, 4) is 5.75 Å². The fourth-order valence-corrected chi connectivity index (χ4v) is 3.47. The van der Waals surface area contributed by atoms with Crippen LogP contribution in [0.1, 0.15) is 22.8 Å². The van der Waals surface area contributed by atoms with Crippen LogP contribution in [0, 0.1) is 5.41 Å². The van der Waals surface area contributed by atoms with Crippen LogP contribution in [0.25, 0.3) is 0 Å². The number of hydrogen-bond donors (Lipinski definition) is 2. The lowest BCUT2D eigenvalue weighted by Crippen LogP contribution is -2.66. The molecule has 2 heterocycles. The van der Waals surface area contributed by atoms with E-state index in [1.54, 1.807) is 18.9 Å². The number of ether oxygens (including phenoxy) is 2. The molecule has 0 saturated carbocycles. The molecule has 3 rings (SSSR count). The van der Waals surface area contributed by atoms with Crippen LogP contribution in [0.3, 0.4) is 0 Å². The molecule has 154 valence electrons. The maximum Gasteiger partial charge on any atom is 0.328 e. The summed E-state index contributed by atoms with van der Waals surface area (Å²) < 4.78 is 9.95. The zero-order chi connectivity index (χ0) is 21.0. The Morgan fingerprint density at radius 1 is 1.31 bits per heavy atom. The zero-order valence-electron chi connectivity index (χ0n) is 16.6. The van der Waals surface area contributed by atoms with Gasteiger partial charge < -0.3 is 19.7 Å². The molecule has 0 aliphatic carbocycles. The highest BCUT2D eigenvalue weighted by molar-refractivity contribution is 5.97. The van der Waals surface area contributed by atoms with E-state index in [1.165, 1.54) is 19.5 Å². The molecule has 1 atom stereocenters. The van der Waals surface area contributed by atoms with E-state index in [0.717, 1.165) is 5.56 Å². The van der Waals surface area contributed by atoms with Crippen molar-refractivity contribution in [1.29, 1.82) is 0 Å². The van der Waals surface area contributed by atoms with Gasteiger partial charge >= 0.3 is 5.97 Å². The van der Waals surface area contributed by atoms with Gasteiger partial charge in [0.1, 0.15) is 11.8 Å². The molecule has 1 aliphatic heterocycles. The number of hydrogen-bond acceptors (Lipinski definition) is 6. The van der Waals surface area contributed by atoms with Gasteiger partial charge in [0.25, 0.3) is 5.91 Å². The third-order valence-electron chi connectivity index (χ3n) is 5.08. The largest absolute Gasteiger partial charge is 0.497 e. The number of esters is 1. The van der Waals surface area contributed by atoms with Crippen molar-refractivity contribution >= 4 is 17.8 Å². The van der Waals surface area contributed by atoms with E-state index < -0.39 is 17.4 Å². The van der Waals surface area contributed by atoms with Gasteiger partial charge in [-0.2, -0.15) is 5.10 Å². The van der Waals surface area contributed by atoms with Gasteiger partial charge in [0, 0.05) is 19.3 Å². The summed E-state index contributed by atoms with van der Waals surface area (Å²) >= 11 is 0. The van der Waals surface area contributed by atoms with E-state index in [0.29, 0.717) is 17.7 Å². The summed E-state index contributed by atoms with van der Waals surface area (Å²) in [5.74, 6) is -0.338. The second-order valence-electron chi connectivity index (χ2n) is 7.18. The van der Waals surface area contributed by atoms with Crippen molar-refractivity contribution in [3.05, 3.63) is 47.8 Å². The smallest absolute Gasteiger partial charge is 0.328 e. The first-order chi connectivity index (χ1) is 13.9. The number of benzene rings is 1. The summed E-state index contributed by atoms with van der Waals surface area (Å²) in [5.41, 5.74) is 0.484. The lowest BCUT2D eigenvalue weighted by molar-refractivity contribution is -0.149. The van der Waals surface area contributed by atoms with Crippen LogP contribution in [0.2, 0.25) is 0 Å². The molecule has 9 nitrogen and oxygen atoms in total. The Morgan fingerprint density at radius 3 is 2.69 bits per heavy atom. The van der Waals surface area contributed by atoms with Gasteiger partial charge in [-0.1, -0.05) is 12.1 Å². The summed E-state index contributed by atoms with van der Waals surface area (Å²) in [7, 11) is 2.85. The molecule has 29 heavy (non-hydrogen) atoms. The van der Waals surface area contributed by atoms with Crippen molar-refractivity contribution in [2.24, 2.45) is 5.41 Å². The number of aromatic nitrogens is 2. The number of nitrogens with zero attached hydrogens (tertiary/aromatic N) is 2. The average Bonchev–Trinajstić information content (AvgIpc) is 3.24. The van der Waals surface area contributed by atoms with Gasteiger partial charge in [-0.05, 0) is 31.0 Å². The van der Waals surface area contributed by atoms with Crippen molar-refractivity contribution in [2.75, 3.05) is 27.3 Å². The van der Waals surface area contributed by atoms with Gasteiger partial charge in [-0.25, -0.2) is 4.79 Å². The van der Waals surface area contributed by atoms with Gasteiger partial charge in [0.2, 0.25) is 5.91 Å². The summed E-state index contributed by atoms with van der Waals surface area (Å²) in [6.07, 6.45) is 3.37. The van der Waals surface area contributed by atoms with Crippen LogP contribution in [0.5, 0.6) is 5.75 Å². The predicted octanol–water partition coefficient (Wildman–Crippen LogP) is 0.781. The molecular weight excluding hydrogens is 376 g/mol. The number of likely N-dealkylation sites (tertiary alicyclic amines) is 1. The maximum absolute atomic E-state index is 13.1. The third kappa shape index (κ3) is 4.23.